The van der Waals surface area contributed by atoms with Gasteiger partial charge in [0.15, 0.2) is 0 Å². The van der Waals surface area contributed by atoms with Gasteiger partial charge in [-0.15, -0.1) is 0 Å². The third kappa shape index (κ3) is 10.4. The lowest BCUT2D eigenvalue weighted by molar-refractivity contribution is -0.385. The quantitative estimate of drug-likeness (QED) is 0.110. The molecule has 0 aliphatic heterocycles. The Hall–Kier alpha value is -2.41. The Morgan fingerprint density at radius 3 is 1.74 bits per heavy atom. The van der Waals surface area contributed by atoms with E-state index >= 15 is 0 Å². The number of nitro benzene ring substituents is 1. The number of non-ortho nitro benzene ring substituents is 1. The zero-order chi connectivity index (χ0) is 25.4. The highest BCUT2D eigenvalue weighted by atomic mass is 32.2. The van der Waals surface area contributed by atoms with Crippen molar-refractivity contribution in [3.63, 3.8) is 0 Å². The summed E-state index contributed by atoms with van der Waals surface area (Å²) in [7, 11) is -3.90. The molecule has 194 valence electrons. The molecule has 0 heterocycles. The van der Waals surface area contributed by atoms with Crippen molar-refractivity contribution in [2.45, 2.75) is 102 Å². The van der Waals surface area contributed by atoms with E-state index in [2.05, 4.69) is 6.92 Å². The molecule has 0 saturated carbocycles. The molecule has 0 atom stereocenters. The first-order valence-electron chi connectivity index (χ1n) is 13.3. The first-order valence-corrected chi connectivity index (χ1v) is 14.7. The van der Waals surface area contributed by atoms with Gasteiger partial charge in [-0.05, 0) is 24.6 Å². The molecule has 6 nitrogen and oxygen atoms in total. The Labute approximate surface area is 212 Å². The molecule has 0 saturated heterocycles. The maximum Gasteiger partial charge on any atom is 0.270 e. The maximum absolute atomic E-state index is 13.4. The summed E-state index contributed by atoms with van der Waals surface area (Å²) in [5, 5.41) is 11.1. The molecule has 2 rings (SSSR count). The van der Waals surface area contributed by atoms with Gasteiger partial charge < -0.3 is 0 Å². The third-order valence-corrected chi connectivity index (χ3v) is 8.20. The van der Waals surface area contributed by atoms with E-state index in [0.29, 0.717) is 12.2 Å². The molecule has 35 heavy (non-hydrogen) atoms. The van der Waals surface area contributed by atoms with Crippen LogP contribution in [0.4, 0.5) is 11.4 Å². The summed E-state index contributed by atoms with van der Waals surface area (Å²) in [5.74, 6) is 0. The van der Waals surface area contributed by atoms with Crippen molar-refractivity contribution in [3.05, 3.63) is 64.7 Å². The third-order valence-electron chi connectivity index (χ3n) is 6.38. The fraction of sp³-hybridized carbons (Fsp3) is 0.571. The second-order valence-electron chi connectivity index (χ2n) is 9.26. The number of unbranched alkanes of at least 4 members (excludes halogenated alkanes) is 13. The van der Waals surface area contributed by atoms with Gasteiger partial charge in [0.1, 0.15) is 0 Å². The minimum absolute atomic E-state index is 0.0547. The normalized spacial score (nSPS) is 11.5. The minimum Gasteiger partial charge on any atom is -0.266 e. The van der Waals surface area contributed by atoms with E-state index in [9.17, 15) is 18.5 Å². The highest BCUT2D eigenvalue weighted by molar-refractivity contribution is 7.92. The topological polar surface area (TPSA) is 80.5 Å². The summed E-state index contributed by atoms with van der Waals surface area (Å²) >= 11 is 0. The van der Waals surface area contributed by atoms with Crippen molar-refractivity contribution in [2.75, 3.05) is 10.8 Å². The van der Waals surface area contributed by atoms with Crippen LogP contribution in [0.5, 0.6) is 0 Å². The first-order chi connectivity index (χ1) is 17.0. The highest BCUT2D eigenvalue weighted by Crippen LogP contribution is 2.26. The summed E-state index contributed by atoms with van der Waals surface area (Å²) in [6.07, 6.45) is 17.3. The smallest absolute Gasteiger partial charge is 0.266 e. The summed E-state index contributed by atoms with van der Waals surface area (Å²) in [4.78, 5) is 10.5. The lowest BCUT2D eigenvalue weighted by Crippen LogP contribution is -2.32. The predicted octanol–water partition coefficient (Wildman–Crippen LogP) is 8.27. The Morgan fingerprint density at radius 1 is 0.714 bits per heavy atom. The number of nitrogens with zero attached hydrogens (tertiary/aromatic N) is 2. The van der Waals surface area contributed by atoms with Crippen molar-refractivity contribution in [1.82, 2.24) is 0 Å². The van der Waals surface area contributed by atoms with E-state index in [1.807, 2.05) is 6.07 Å². The molecule has 0 bridgehead atoms. The molecule has 0 unspecified atom stereocenters. The van der Waals surface area contributed by atoms with E-state index in [4.69, 9.17) is 0 Å². The van der Waals surface area contributed by atoms with Crippen LogP contribution in [0.2, 0.25) is 0 Å². The van der Waals surface area contributed by atoms with Crippen molar-refractivity contribution >= 4 is 21.4 Å². The number of hydrogen-bond acceptors (Lipinski definition) is 4. The summed E-state index contributed by atoms with van der Waals surface area (Å²) in [6.45, 7) is 2.61. The molecule has 2 aromatic rings. The fourth-order valence-corrected chi connectivity index (χ4v) is 5.86. The molecule has 0 radical (unpaired) electrons. The predicted molar refractivity (Wildman–Crippen MR) is 144 cm³/mol. The average molecular weight is 503 g/mol. The highest BCUT2D eigenvalue weighted by Gasteiger charge is 2.26. The number of nitro groups is 1. The SMILES string of the molecule is CCCCCCCCCCCCCCCCN(c1ccccc1)S(=O)(=O)c1cccc([N+](=O)[O-])c1. The van der Waals surface area contributed by atoms with Gasteiger partial charge in [0.05, 0.1) is 15.5 Å². The van der Waals surface area contributed by atoms with Crippen LogP contribution in [0.1, 0.15) is 96.8 Å². The van der Waals surface area contributed by atoms with Crippen molar-refractivity contribution in [3.8, 4) is 0 Å². The van der Waals surface area contributed by atoms with E-state index in [1.54, 1.807) is 24.3 Å². The van der Waals surface area contributed by atoms with Crippen LogP contribution in [0.3, 0.4) is 0 Å². The molecule has 0 aliphatic carbocycles. The fourth-order valence-electron chi connectivity index (χ4n) is 4.32. The molecule has 0 amide bonds. The van der Waals surface area contributed by atoms with E-state index in [0.717, 1.165) is 25.3 Å². The molecular formula is C28H42N2O4S. The van der Waals surface area contributed by atoms with E-state index in [1.165, 1.54) is 93.1 Å². The number of hydrogen-bond donors (Lipinski definition) is 0. The van der Waals surface area contributed by atoms with Gasteiger partial charge in [0.25, 0.3) is 15.7 Å². The second-order valence-corrected chi connectivity index (χ2v) is 11.1. The molecule has 2 aromatic carbocycles. The Morgan fingerprint density at radius 2 is 1.23 bits per heavy atom. The zero-order valence-corrected chi connectivity index (χ0v) is 22.1. The largest absolute Gasteiger partial charge is 0.270 e. The van der Waals surface area contributed by atoms with Gasteiger partial charge in [-0.2, -0.15) is 0 Å². The number of rotatable bonds is 19. The first kappa shape index (κ1) is 28.8. The number of anilines is 1. The van der Waals surface area contributed by atoms with Crippen LogP contribution in [-0.2, 0) is 10.0 Å². The van der Waals surface area contributed by atoms with Crippen LogP contribution in [0, 0.1) is 10.1 Å². The van der Waals surface area contributed by atoms with Crippen molar-refractivity contribution < 1.29 is 13.3 Å². The lowest BCUT2D eigenvalue weighted by atomic mass is 10.0. The van der Waals surface area contributed by atoms with E-state index < -0.39 is 14.9 Å². The molecule has 0 fully saturated rings. The second kappa shape index (κ2) is 16.3. The van der Waals surface area contributed by atoms with Gasteiger partial charge in [0, 0.05) is 18.7 Å². The van der Waals surface area contributed by atoms with Crippen LogP contribution < -0.4 is 4.31 Å². The lowest BCUT2D eigenvalue weighted by Gasteiger charge is -2.24. The standard InChI is InChI=1S/C28H42N2O4S/c1-2-3-4-5-6-7-8-9-10-11-12-13-14-18-24-29(26-20-16-15-17-21-26)35(33,34)28-23-19-22-27(25-28)30(31)32/h15-17,19-23,25H,2-14,18,24H2,1H3. The van der Waals surface area contributed by atoms with E-state index in [-0.39, 0.29) is 10.6 Å². The summed E-state index contributed by atoms with van der Waals surface area (Å²) in [5.41, 5.74) is 0.351. The van der Waals surface area contributed by atoms with Gasteiger partial charge in [-0.1, -0.05) is 115 Å². The number of sulfonamides is 1. The molecule has 0 aromatic heterocycles. The summed E-state index contributed by atoms with van der Waals surface area (Å²) in [6, 6.07) is 14.2. The van der Waals surface area contributed by atoms with Crippen molar-refractivity contribution in [2.24, 2.45) is 0 Å². The summed E-state index contributed by atoms with van der Waals surface area (Å²) < 4.78 is 28.1. The minimum atomic E-state index is -3.90. The van der Waals surface area contributed by atoms with Gasteiger partial charge >= 0.3 is 0 Å². The molecule has 0 spiro atoms. The Balaban J connectivity index is 1.77. The molecule has 7 heteroatoms. The van der Waals surface area contributed by atoms with Gasteiger partial charge in [-0.25, -0.2) is 8.42 Å². The van der Waals surface area contributed by atoms with Crippen LogP contribution in [0.25, 0.3) is 0 Å². The molecule has 0 aliphatic rings. The molecule has 0 N–H and O–H groups in total. The van der Waals surface area contributed by atoms with Crippen LogP contribution in [0.15, 0.2) is 59.5 Å². The molecular weight excluding hydrogens is 460 g/mol. The Bertz CT molecular complexity index is 964. The zero-order valence-electron chi connectivity index (χ0n) is 21.2. The van der Waals surface area contributed by atoms with Crippen molar-refractivity contribution in [1.29, 1.82) is 0 Å². The van der Waals surface area contributed by atoms with Gasteiger partial charge in [-0.3, -0.25) is 14.4 Å². The monoisotopic (exact) mass is 502 g/mol. The Kier molecular flexibility index (Phi) is 13.4. The van der Waals surface area contributed by atoms with Crippen LogP contribution >= 0.6 is 0 Å². The maximum atomic E-state index is 13.4. The average Bonchev–Trinajstić information content (AvgIpc) is 2.87. The van der Waals surface area contributed by atoms with Crippen LogP contribution in [-0.4, -0.2) is 19.9 Å². The number of benzene rings is 2. The number of para-hydroxylation sites is 1. The van der Waals surface area contributed by atoms with Gasteiger partial charge in [0.2, 0.25) is 0 Å².